The fraction of sp³-hybridized carbons (Fsp3) is 0.429. The van der Waals surface area contributed by atoms with Crippen LogP contribution in [0.25, 0.3) is 0 Å². The maximum atomic E-state index is 13.2. The van der Waals surface area contributed by atoms with Crippen molar-refractivity contribution in [2.24, 2.45) is 0 Å². The molecule has 0 radical (unpaired) electrons. The first-order valence-electron chi connectivity index (χ1n) is 6.47. The molecule has 0 amide bonds. The Balaban J connectivity index is 2.17. The van der Waals surface area contributed by atoms with E-state index in [1.807, 2.05) is 13.8 Å². The van der Waals surface area contributed by atoms with Crippen LogP contribution in [0.4, 0.5) is 4.39 Å². The highest BCUT2D eigenvalue weighted by molar-refractivity contribution is 5.35. The van der Waals surface area contributed by atoms with Gasteiger partial charge < -0.3 is 9.84 Å². The van der Waals surface area contributed by atoms with E-state index in [1.165, 1.54) is 24.5 Å². The Morgan fingerprint density at radius 1 is 1.35 bits per heavy atom. The SMILES string of the molecule is CC(O)c1cc(F)ccc1OCc1ncnn1C(C)C. The van der Waals surface area contributed by atoms with E-state index in [1.54, 1.807) is 11.6 Å². The highest BCUT2D eigenvalue weighted by Crippen LogP contribution is 2.26. The standard InChI is InChI=1S/C14H18FN3O2/c1-9(2)18-14(16-8-17-18)7-20-13-5-4-11(15)6-12(13)10(3)19/h4-6,8-10,19H,7H2,1-3H3. The van der Waals surface area contributed by atoms with Gasteiger partial charge in [-0.2, -0.15) is 5.10 Å². The third kappa shape index (κ3) is 3.14. The molecule has 0 saturated carbocycles. The van der Waals surface area contributed by atoms with Crippen molar-refractivity contribution in [2.75, 3.05) is 0 Å². The van der Waals surface area contributed by atoms with Gasteiger partial charge in [-0.25, -0.2) is 14.1 Å². The largest absolute Gasteiger partial charge is 0.485 e. The number of aliphatic hydroxyl groups excluding tert-OH is 1. The number of hydrogen-bond donors (Lipinski definition) is 1. The van der Waals surface area contributed by atoms with E-state index in [-0.39, 0.29) is 12.6 Å². The summed E-state index contributed by atoms with van der Waals surface area (Å²) in [4.78, 5) is 4.13. The van der Waals surface area contributed by atoms with Crippen molar-refractivity contribution in [1.82, 2.24) is 14.8 Å². The Morgan fingerprint density at radius 2 is 2.10 bits per heavy atom. The van der Waals surface area contributed by atoms with Gasteiger partial charge in [-0.05, 0) is 39.0 Å². The molecule has 1 unspecified atom stereocenters. The number of aromatic nitrogens is 3. The average Bonchev–Trinajstić information content (AvgIpc) is 2.85. The molecule has 0 bridgehead atoms. The number of benzene rings is 1. The molecule has 1 N–H and O–H groups in total. The highest BCUT2D eigenvalue weighted by atomic mass is 19.1. The number of ether oxygens (including phenoxy) is 1. The molecule has 2 rings (SSSR count). The second-order valence-corrected chi connectivity index (χ2v) is 4.86. The monoisotopic (exact) mass is 279 g/mol. The Kier molecular flexibility index (Phi) is 4.34. The molecular formula is C14H18FN3O2. The van der Waals surface area contributed by atoms with Crippen LogP contribution in [0.15, 0.2) is 24.5 Å². The molecule has 1 heterocycles. The van der Waals surface area contributed by atoms with Gasteiger partial charge in [-0.1, -0.05) is 0 Å². The molecule has 0 aliphatic rings. The van der Waals surface area contributed by atoms with Crippen LogP contribution in [0.1, 0.15) is 44.3 Å². The fourth-order valence-corrected chi connectivity index (χ4v) is 1.93. The van der Waals surface area contributed by atoms with Crippen LogP contribution in [0.3, 0.4) is 0 Å². The van der Waals surface area contributed by atoms with Crippen LogP contribution < -0.4 is 4.74 Å². The van der Waals surface area contributed by atoms with E-state index < -0.39 is 11.9 Å². The summed E-state index contributed by atoms with van der Waals surface area (Å²) in [5, 5.41) is 13.8. The average molecular weight is 279 g/mol. The van der Waals surface area contributed by atoms with E-state index in [4.69, 9.17) is 4.74 Å². The summed E-state index contributed by atoms with van der Waals surface area (Å²) >= 11 is 0. The molecular weight excluding hydrogens is 261 g/mol. The molecule has 1 aromatic heterocycles. The van der Waals surface area contributed by atoms with Gasteiger partial charge in [0.05, 0.1) is 6.10 Å². The number of aliphatic hydroxyl groups is 1. The first kappa shape index (κ1) is 14.5. The van der Waals surface area contributed by atoms with Gasteiger partial charge in [0.25, 0.3) is 0 Å². The van der Waals surface area contributed by atoms with Gasteiger partial charge in [-0.15, -0.1) is 0 Å². The first-order chi connectivity index (χ1) is 9.49. The number of hydrogen-bond acceptors (Lipinski definition) is 4. The molecule has 0 spiro atoms. The molecule has 108 valence electrons. The molecule has 1 aromatic carbocycles. The van der Waals surface area contributed by atoms with Crippen LogP contribution in [0.2, 0.25) is 0 Å². The maximum Gasteiger partial charge on any atom is 0.165 e. The van der Waals surface area contributed by atoms with Crippen molar-refractivity contribution in [3.63, 3.8) is 0 Å². The minimum absolute atomic E-state index is 0.181. The molecule has 0 saturated heterocycles. The zero-order valence-electron chi connectivity index (χ0n) is 11.7. The molecule has 0 aliphatic heterocycles. The summed E-state index contributed by atoms with van der Waals surface area (Å²) in [5.74, 6) is 0.721. The van der Waals surface area contributed by atoms with Crippen molar-refractivity contribution >= 4 is 0 Å². The predicted octanol–water partition coefficient (Wildman–Crippen LogP) is 2.63. The van der Waals surface area contributed by atoms with Gasteiger partial charge >= 0.3 is 0 Å². The van der Waals surface area contributed by atoms with E-state index >= 15 is 0 Å². The minimum atomic E-state index is -0.802. The van der Waals surface area contributed by atoms with Gasteiger partial charge in [0.15, 0.2) is 5.82 Å². The van der Waals surface area contributed by atoms with Gasteiger partial charge in [0, 0.05) is 11.6 Å². The lowest BCUT2D eigenvalue weighted by Gasteiger charge is -2.14. The molecule has 1 atom stereocenters. The van der Waals surface area contributed by atoms with Crippen molar-refractivity contribution in [3.8, 4) is 5.75 Å². The van der Waals surface area contributed by atoms with Gasteiger partial charge in [0.2, 0.25) is 0 Å². The second-order valence-electron chi connectivity index (χ2n) is 4.86. The van der Waals surface area contributed by atoms with Gasteiger partial charge in [-0.3, -0.25) is 0 Å². The van der Waals surface area contributed by atoms with Crippen molar-refractivity contribution in [3.05, 3.63) is 41.7 Å². The van der Waals surface area contributed by atoms with E-state index in [2.05, 4.69) is 10.1 Å². The molecule has 6 heteroatoms. The van der Waals surface area contributed by atoms with E-state index in [0.717, 1.165) is 0 Å². The quantitative estimate of drug-likeness (QED) is 0.914. The smallest absolute Gasteiger partial charge is 0.165 e. The van der Waals surface area contributed by atoms with Crippen LogP contribution in [0, 0.1) is 5.82 Å². The Labute approximate surface area is 117 Å². The van der Waals surface area contributed by atoms with Crippen molar-refractivity contribution < 1.29 is 14.2 Å². The second kappa shape index (κ2) is 6.00. The lowest BCUT2D eigenvalue weighted by Crippen LogP contribution is -2.11. The fourth-order valence-electron chi connectivity index (χ4n) is 1.93. The number of rotatable bonds is 5. The number of halogens is 1. The van der Waals surface area contributed by atoms with Crippen LogP contribution in [-0.4, -0.2) is 19.9 Å². The van der Waals surface area contributed by atoms with E-state index in [0.29, 0.717) is 17.1 Å². The Morgan fingerprint density at radius 3 is 2.75 bits per heavy atom. The van der Waals surface area contributed by atoms with Gasteiger partial charge in [0.1, 0.15) is 24.5 Å². The van der Waals surface area contributed by atoms with Crippen LogP contribution in [0.5, 0.6) is 5.75 Å². The van der Waals surface area contributed by atoms with E-state index in [9.17, 15) is 9.50 Å². The summed E-state index contributed by atoms with van der Waals surface area (Å²) in [6.07, 6.45) is 0.669. The molecule has 0 aliphatic carbocycles. The highest BCUT2D eigenvalue weighted by Gasteiger charge is 2.13. The first-order valence-corrected chi connectivity index (χ1v) is 6.47. The molecule has 20 heavy (non-hydrogen) atoms. The summed E-state index contributed by atoms with van der Waals surface area (Å²) in [7, 11) is 0. The topological polar surface area (TPSA) is 60.2 Å². The van der Waals surface area contributed by atoms with Crippen molar-refractivity contribution in [1.29, 1.82) is 0 Å². The van der Waals surface area contributed by atoms with Crippen LogP contribution in [-0.2, 0) is 6.61 Å². The Bertz CT molecular complexity index is 582. The predicted molar refractivity (Wildman–Crippen MR) is 71.8 cm³/mol. The minimum Gasteiger partial charge on any atom is -0.485 e. The Hall–Kier alpha value is -1.95. The number of nitrogens with zero attached hydrogens (tertiary/aromatic N) is 3. The summed E-state index contributed by atoms with van der Waals surface area (Å²) < 4.78 is 20.6. The lowest BCUT2D eigenvalue weighted by molar-refractivity contribution is 0.188. The summed E-state index contributed by atoms with van der Waals surface area (Å²) in [5.41, 5.74) is 0.417. The zero-order chi connectivity index (χ0) is 14.7. The maximum absolute atomic E-state index is 13.2. The van der Waals surface area contributed by atoms with Crippen molar-refractivity contribution in [2.45, 2.75) is 39.5 Å². The molecule has 2 aromatic rings. The molecule has 5 nitrogen and oxygen atoms in total. The molecule has 0 fully saturated rings. The third-order valence-corrected chi connectivity index (χ3v) is 2.92. The third-order valence-electron chi connectivity index (χ3n) is 2.92. The normalized spacial score (nSPS) is 12.7. The van der Waals surface area contributed by atoms with Crippen LogP contribution >= 0.6 is 0 Å². The zero-order valence-corrected chi connectivity index (χ0v) is 11.7. The summed E-state index contributed by atoms with van der Waals surface area (Å²) in [6.45, 7) is 5.77. The summed E-state index contributed by atoms with van der Waals surface area (Å²) in [6, 6.07) is 4.26. The lowest BCUT2D eigenvalue weighted by atomic mass is 10.1.